The summed E-state index contributed by atoms with van der Waals surface area (Å²) in [6, 6.07) is 12.5. The number of hydrogen-bond acceptors (Lipinski definition) is 1. The van der Waals surface area contributed by atoms with Crippen molar-refractivity contribution in [1.82, 2.24) is 0 Å². The van der Waals surface area contributed by atoms with Gasteiger partial charge in [0.1, 0.15) is 5.82 Å². The highest BCUT2D eigenvalue weighted by molar-refractivity contribution is 9.10. The first-order valence-electron chi connectivity index (χ1n) is 5.46. The number of para-hydroxylation sites is 1. The number of halogens is 3. The second kappa shape index (κ2) is 5.72. The SMILES string of the molecule is CN(c1ccccc1F)c1ccc(Br)cc1CCl. The van der Waals surface area contributed by atoms with E-state index >= 15 is 0 Å². The molecule has 0 aliphatic rings. The quantitative estimate of drug-likeness (QED) is 0.709. The molecule has 94 valence electrons. The molecule has 0 aliphatic heterocycles. The molecule has 1 nitrogen and oxygen atoms in total. The molecule has 18 heavy (non-hydrogen) atoms. The topological polar surface area (TPSA) is 3.24 Å². The van der Waals surface area contributed by atoms with Crippen LogP contribution in [0.2, 0.25) is 0 Å². The molecule has 0 unspecified atom stereocenters. The van der Waals surface area contributed by atoms with Gasteiger partial charge in [-0.05, 0) is 35.9 Å². The molecule has 0 bridgehead atoms. The molecule has 0 spiro atoms. The van der Waals surface area contributed by atoms with Gasteiger partial charge in [-0.15, -0.1) is 11.6 Å². The summed E-state index contributed by atoms with van der Waals surface area (Å²) >= 11 is 9.34. The van der Waals surface area contributed by atoms with E-state index in [4.69, 9.17) is 11.6 Å². The Morgan fingerprint density at radius 1 is 1.17 bits per heavy atom. The second-order valence-corrected chi connectivity index (χ2v) is 5.10. The van der Waals surface area contributed by atoms with E-state index in [1.165, 1.54) is 6.07 Å². The largest absolute Gasteiger partial charge is 0.342 e. The maximum atomic E-state index is 13.8. The first-order valence-corrected chi connectivity index (χ1v) is 6.79. The average Bonchev–Trinajstić information content (AvgIpc) is 2.38. The summed E-state index contributed by atoms with van der Waals surface area (Å²) < 4.78 is 14.7. The molecule has 0 aliphatic carbocycles. The molecule has 0 N–H and O–H groups in total. The van der Waals surface area contributed by atoms with Crippen molar-refractivity contribution in [3.05, 3.63) is 58.3 Å². The summed E-state index contributed by atoms with van der Waals surface area (Å²) in [7, 11) is 1.83. The second-order valence-electron chi connectivity index (χ2n) is 3.92. The summed E-state index contributed by atoms with van der Waals surface area (Å²) in [5.41, 5.74) is 2.39. The van der Waals surface area contributed by atoms with Crippen molar-refractivity contribution >= 4 is 38.9 Å². The van der Waals surface area contributed by atoms with Crippen LogP contribution in [0.1, 0.15) is 5.56 Å². The zero-order chi connectivity index (χ0) is 13.1. The molecule has 0 saturated carbocycles. The first kappa shape index (κ1) is 13.4. The molecule has 4 heteroatoms. The van der Waals surface area contributed by atoms with Crippen LogP contribution in [0.15, 0.2) is 46.9 Å². The van der Waals surface area contributed by atoms with Gasteiger partial charge in [0.2, 0.25) is 0 Å². The Morgan fingerprint density at radius 3 is 2.56 bits per heavy atom. The van der Waals surface area contributed by atoms with Gasteiger partial charge >= 0.3 is 0 Å². The van der Waals surface area contributed by atoms with Gasteiger partial charge in [0.15, 0.2) is 0 Å². The molecule has 0 aromatic heterocycles. The zero-order valence-electron chi connectivity index (χ0n) is 9.83. The minimum atomic E-state index is -0.247. The maximum absolute atomic E-state index is 13.8. The van der Waals surface area contributed by atoms with Crippen molar-refractivity contribution in [2.24, 2.45) is 0 Å². The van der Waals surface area contributed by atoms with Gasteiger partial charge in [0.25, 0.3) is 0 Å². The van der Waals surface area contributed by atoms with Crippen molar-refractivity contribution in [2.45, 2.75) is 5.88 Å². The van der Waals surface area contributed by atoms with E-state index in [-0.39, 0.29) is 5.82 Å². The number of anilines is 2. The Morgan fingerprint density at radius 2 is 1.89 bits per heavy atom. The molecular weight excluding hydrogens is 317 g/mol. The third-order valence-electron chi connectivity index (χ3n) is 2.76. The highest BCUT2D eigenvalue weighted by Crippen LogP contribution is 2.31. The minimum Gasteiger partial charge on any atom is -0.342 e. The predicted octanol–water partition coefficient (Wildman–Crippen LogP) is 5.09. The van der Waals surface area contributed by atoms with E-state index in [0.717, 1.165) is 15.7 Å². The summed E-state index contributed by atoms with van der Waals surface area (Å²) in [4.78, 5) is 1.81. The molecule has 0 radical (unpaired) electrons. The van der Waals surface area contributed by atoms with Crippen LogP contribution in [-0.2, 0) is 5.88 Å². The highest BCUT2D eigenvalue weighted by atomic mass is 79.9. The third-order valence-corrected chi connectivity index (χ3v) is 3.54. The van der Waals surface area contributed by atoms with E-state index in [9.17, 15) is 4.39 Å². The number of hydrogen-bond donors (Lipinski definition) is 0. The smallest absolute Gasteiger partial charge is 0.146 e. The Kier molecular flexibility index (Phi) is 4.25. The van der Waals surface area contributed by atoms with Crippen LogP contribution in [0, 0.1) is 5.82 Å². The van der Waals surface area contributed by atoms with Gasteiger partial charge in [-0.3, -0.25) is 0 Å². The van der Waals surface area contributed by atoms with Gasteiger partial charge in [0.05, 0.1) is 5.69 Å². The van der Waals surface area contributed by atoms with Crippen LogP contribution in [0.5, 0.6) is 0 Å². The third kappa shape index (κ3) is 2.68. The van der Waals surface area contributed by atoms with Crippen LogP contribution >= 0.6 is 27.5 Å². The monoisotopic (exact) mass is 327 g/mol. The van der Waals surface area contributed by atoms with Gasteiger partial charge < -0.3 is 4.90 Å². The molecule has 2 aromatic carbocycles. The molecule has 0 amide bonds. The minimum absolute atomic E-state index is 0.247. The van der Waals surface area contributed by atoms with Crippen LogP contribution in [0.4, 0.5) is 15.8 Å². The van der Waals surface area contributed by atoms with E-state index in [2.05, 4.69) is 15.9 Å². The molecule has 0 atom stereocenters. The lowest BCUT2D eigenvalue weighted by atomic mass is 10.1. The van der Waals surface area contributed by atoms with Crippen LogP contribution in [0.3, 0.4) is 0 Å². The highest BCUT2D eigenvalue weighted by Gasteiger charge is 2.12. The number of alkyl halides is 1. The normalized spacial score (nSPS) is 10.4. The standard InChI is InChI=1S/C14H12BrClFN/c1-18(14-5-3-2-4-12(14)17)13-7-6-11(15)8-10(13)9-16/h2-8H,9H2,1H3. The van der Waals surface area contributed by atoms with Crippen molar-refractivity contribution in [3.8, 4) is 0 Å². The molecule has 0 saturated heterocycles. The first-order chi connectivity index (χ1) is 8.63. The predicted molar refractivity (Wildman–Crippen MR) is 78.2 cm³/mol. The van der Waals surface area contributed by atoms with Crippen LogP contribution < -0.4 is 4.90 Å². The van der Waals surface area contributed by atoms with Gasteiger partial charge in [-0.1, -0.05) is 28.1 Å². The lowest BCUT2D eigenvalue weighted by Gasteiger charge is -2.22. The molecule has 0 heterocycles. The summed E-state index contributed by atoms with van der Waals surface area (Å²) in [5, 5.41) is 0. The molecule has 2 rings (SSSR count). The van der Waals surface area contributed by atoms with Crippen molar-refractivity contribution < 1.29 is 4.39 Å². The fourth-order valence-corrected chi connectivity index (χ4v) is 2.46. The van der Waals surface area contributed by atoms with E-state index in [0.29, 0.717) is 11.6 Å². The van der Waals surface area contributed by atoms with Crippen LogP contribution in [-0.4, -0.2) is 7.05 Å². The van der Waals surface area contributed by atoms with E-state index in [1.54, 1.807) is 17.0 Å². The molecule has 2 aromatic rings. The summed E-state index contributed by atoms with van der Waals surface area (Å²) in [6.45, 7) is 0. The van der Waals surface area contributed by atoms with E-state index in [1.807, 2.05) is 31.3 Å². The molecule has 0 fully saturated rings. The van der Waals surface area contributed by atoms with Crippen LogP contribution in [0.25, 0.3) is 0 Å². The lowest BCUT2D eigenvalue weighted by Crippen LogP contribution is -2.12. The maximum Gasteiger partial charge on any atom is 0.146 e. The Labute approximate surface area is 119 Å². The van der Waals surface area contributed by atoms with Gasteiger partial charge in [-0.2, -0.15) is 0 Å². The molecular formula is C14H12BrClFN. The summed E-state index contributed by atoms with van der Waals surface area (Å²) in [6.07, 6.45) is 0. The summed E-state index contributed by atoms with van der Waals surface area (Å²) in [5.74, 6) is 0.136. The fraction of sp³-hybridized carbons (Fsp3) is 0.143. The zero-order valence-corrected chi connectivity index (χ0v) is 12.2. The Balaban J connectivity index is 2.46. The van der Waals surface area contributed by atoms with E-state index < -0.39 is 0 Å². The number of benzene rings is 2. The lowest BCUT2D eigenvalue weighted by molar-refractivity contribution is 0.627. The average molecular weight is 329 g/mol. The number of nitrogens with zero attached hydrogens (tertiary/aromatic N) is 1. The Bertz CT molecular complexity index is 559. The Hall–Kier alpha value is -1.06. The van der Waals surface area contributed by atoms with Crippen molar-refractivity contribution in [1.29, 1.82) is 0 Å². The van der Waals surface area contributed by atoms with Crippen molar-refractivity contribution in [2.75, 3.05) is 11.9 Å². The van der Waals surface area contributed by atoms with Gasteiger partial charge in [0, 0.05) is 23.1 Å². The number of rotatable bonds is 3. The van der Waals surface area contributed by atoms with Crippen molar-refractivity contribution in [3.63, 3.8) is 0 Å². The fourth-order valence-electron chi connectivity index (χ4n) is 1.84. The van der Waals surface area contributed by atoms with Gasteiger partial charge in [-0.25, -0.2) is 4.39 Å².